The number of rotatable bonds is 2. The highest BCUT2D eigenvalue weighted by molar-refractivity contribution is 5.03. The second kappa shape index (κ2) is 4.89. The first kappa shape index (κ1) is 13.4. The van der Waals surface area contributed by atoms with E-state index in [-0.39, 0.29) is 0 Å². The summed E-state index contributed by atoms with van der Waals surface area (Å²) in [4.78, 5) is 2.74. The summed E-state index contributed by atoms with van der Waals surface area (Å²) in [6, 6.07) is 0. The lowest BCUT2D eigenvalue weighted by Crippen LogP contribution is -2.60. The molecule has 2 aliphatic rings. The van der Waals surface area contributed by atoms with Crippen LogP contribution in [-0.4, -0.2) is 30.1 Å². The lowest BCUT2D eigenvalue weighted by Gasteiger charge is -2.51. The molecule has 0 aromatic heterocycles. The average Bonchev–Trinajstić information content (AvgIpc) is 2.64. The van der Waals surface area contributed by atoms with E-state index in [0.717, 1.165) is 30.2 Å². The minimum absolute atomic E-state index is 0.302. The molecule has 0 aromatic rings. The Morgan fingerprint density at radius 2 is 1.65 bits per heavy atom. The SMILES string of the molecule is CC1CN(C2(CN)CCCC(C)C2C)CC1C. The zero-order valence-corrected chi connectivity index (χ0v) is 12.1. The molecule has 1 saturated heterocycles. The van der Waals surface area contributed by atoms with Crippen molar-refractivity contribution in [3.8, 4) is 0 Å². The molecule has 5 atom stereocenters. The van der Waals surface area contributed by atoms with E-state index < -0.39 is 0 Å². The molecule has 0 amide bonds. The van der Waals surface area contributed by atoms with Gasteiger partial charge in [0.2, 0.25) is 0 Å². The van der Waals surface area contributed by atoms with E-state index in [4.69, 9.17) is 5.73 Å². The third kappa shape index (κ3) is 2.15. The van der Waals surface area contributed by atoms with Gasteiger partial charge in [0.1, 0.15) is 0 Å². The van der Waals surface area contributed by atoms with E-state index in [1.54, 1.807) is 0 Å². The molecule has 1 saturated carbocycles. The molecule has 0 spiro atoms. The second-order valence-electron chi connectivity index (χ2n) is 6.83. The Labute approximate surface area is 107 Å². The highest BCUT2D eigenvalue weighted by Crippen LogP contribution is 2.43. The van der Waals surface area contributed by atoms with Gasteiger partial charge in [0, 0.05) is 25.2 Å². The van der Waals surface area contributed by atoms with Crippen LogP contribution in [0.4, 0.5) is 0 Å². The maximum absolute atomic E-state index is 6.22. The summed E-state index contributed by atoms with van der Waals surface area (Å²) in [5, 5.41) is 0. The smallest absolute Gasteiger partial charge is 0.0359 e. The zero-order valence-electron chi connectivity index (χ0n) is 12.1. The molecule has 0 radical (unpaired) electrons. The molecule has 2 heteroatoms. The number of nitrogens with two attached hydrogens (primary N) is 1. The Balaban J connectivity index is 2.19. The Morgan fingerprint density at radius 3 is 2.18 bits per heavy atom. The van der Waals surface area contributed by atoms with E-state index in [1.807, 2.05) is 0 Å². The van der Waals surface area contributed by atoms with Crippen molar-refractivity contribution >= 4 is 0 Å². The summed E-state index contributed by atoms with van der Waals surface area (Å²) >= 11 is 0. The molecule has 0 aromatic carbocycles. The molecule has 100 valence electrons. The van der Waals surface area contributed by atoms with Gasteiger partial charge in [-0.2, -0.15) is 0 Å². The fourth-order valence-corrected chi connectivity index (χ4v) is 4.09. The van der Waals surface area contributed by atoms with Crippen molar-refractivity contribution in [2.24, 2.45) is 29.4 Å². The van der Waals surface area contributed by atoms with Gasteiger partial charge in [0.05, 0.1) is 0 Å². The number of nitrogens with zero attached hydrogens (tertiary/aromatic N) is 1. The molecule has 2 rings (SSSR count). The summed E-state index contributed by atoms with van der Waals surface area (Å²) in [6.45, 7) is 13.0. The second-order valence-corrected chi connectivity index (χ2v) is 6.83. The summed E-state index contributed by atoms with van der Waals surface area (Å²) in [5.41, 5.74) is 6.52. The molecule has 5 unspecified atom stereocenters. The van der Waals surface area contributed by atoms with E-state index in [0.29, 0.717) is 5.54 Å². The third-order valence-electron chi connectivity index (χ3n) is 5.94. The summed E-state index contributed by atoms with van der Waals surface area (Å²) < 4.78 is 0. The van der Waals surface area contributed by atoms with Gasteiger partial charge in [-0.15, -0.1) is 0 Å². The van der Waals surface area contributed by atoms with Crippen LogP contribution in [0.3, 0.4) is 0 Å². The summed E-state index contributed by atoms with van der Waals surface area (Å²) in [7, 11) is 0. The van der Waals surface area contributed by atoms with Gasteiger partial charge in [-0.25, -0.2) is 0 Å². The quantitative estimate of drug-likeness (QED) is 0.801. The van der Waals surface area contributed by atoms with Crippen molar-refractivity contribution in [1.82, 2.24) is 4.90 Å². The van der Waals surface area contributed by atoms with Gasteiger partial charge in [-0.3, -0.25) is 4.90 Å². The minimum Gasteiger partial charge on any atom is -0.329 e. The molecule has 1 heterocycles. The van der Waals surface area contributed by atoms with Crippen molar-refractivity contribution in [2.75, 3.05) is 19.6 Å². The minimum atomic E-state index is 0.302. The van der Waals surface area contributed by atoms with Crippen molar-refractivity contribution in [1.29, 1.82) is 0 Å². The van der Waals surface area contributed by atoms with Crippen LogP contribution in [0, 0.1) is 23.7 Å². The van der Waals surface area contributed by atoms with Crippen LogP contribution in [0.5, 0.6) is 0 Å². The fourth-order valence-electron chi connectivity index (χ4n) is 4.09. The van der Waals surface area contributed by atoms with Crippen LogP contribution in [0.1, 0.15) is 47.0 Å². The maximum Gasteiger partial charge on any atom is 0.0359 e. The number of hydrogen-bond donors (Lipinski definition) is 1. The van der Waals surface area contributed by atoms with Crippen LogP contribution < -0.4 is 5.73 Å². The van der Waals surface area contributed by atoms with E-state index in [9.17, 15) is 0 Å². The average molecular weight is 238 g/mol. The van der Waals surface area contributed by atoms with Gasteiger partial charge in [0.15, 0.2) is 0 Å². The van der Waals surface area contributed by atoms with Crippen LogP contribution in [0.2, 0.25) is 0 Å². The number of hydrogen-bond acceptors (Lipinski definition) is 2. The predicted octanol–water partition coefficient (Wildman–Crippen LogP) is 2.73. The Morgan fingerprint density at radius 1 is 1.06 bits per heavy atom. The maximum atomic E-state index is 6.22. The van der Waals surface area contributed by atoms with Crippen molar-refractivity contribution in [3.63, 3.8) is 0 Å². The van der Waals surface area contributed by atoms with Crippen LogP contribution in [-0.2, 0) is 0 Å². The van der Waals surface area contributed by atoms with E-state index >= 15 is 0 Å². The normalized spacial score (nSPS) is 48.5. The first-order valence-corrected chi connectivity index (χ1v) is 7.46. The summed E-state index contributed by atoms with van der Waals surface area (Å²) in [5.74, 6) is 3.25. The molecule has 17 heavy (non-hydrogen) atoms. The standard InChI is InChI=1S/C15H30N2/c1-11-6-5-7-15(10-16,14(11)4)17-8-12(2)13(3)9-17/h11-14H,5-10,16H2,1-4H3. The molecule has 2 nitrogen and oxygen atoms in total. The van der Waals surface area contributed by atoms with Crippen molar-refractivity contribution in [2.45, 2.75) is 52.5 Å². The van der Waals surface area contributed by atoms with Crippen molar-refractivity contribution in [3.05, 3.63) is 0 Å². The third-order valence-corrected chi connectivity index (χ3v) is 5.94. The predicted molar refractivity (Wildman–Crippen MR) is 73.9 cm³/mol. The van der Waals surface area contributed by atoms with Gasteiger partial charge < -0.3 is 5.73 Å². The van der Waals surface area contributed by atoms with E-state index in [2.05, 4.69) is 32.6 Å². The molecule has 0 bridgehead atoms. The molecule has 2 N–H and O–H groups in total. The highest BCUT2D eigenvalue weighted by atomic mass is 15.2. The van der Waals surface area contributed by atoms with Gasteiger partial charge >= 0.3 is 0 Å². The lowest BCUT2D eigenvalue weighted by molar-refractivity contribution is 0.00142. The van der Waals surface area contributed by atoms with Crippen molar-refractivity contribution < 1.29 is 0 Å². The molecule has 2 fully saturated rings. The molecular weight excluding hydrogens is 208 g/mol. The first-order chi connectivity index (χ1) is 8.01. The number of likely N-dealkylation sites (tertiary alicyclic amines) is 1. The molecular formula is C15H30N2. The van der Waals surface area contributed by atoms with Gasteiger partial charge in [-0.1, -0.05) is 40.5 Å². The fraction of sp³-hybridized carbons (Fsp3) is 1.00. The highest BCUT2D eigenvalue weighted by Gasteiger charge is 2.47. The lowest BCUT2D eigenvalue weighted by atomic mass is 9.67. The monoisotopic (exact) mass is 238 g/mol. The Hall–Kier alpha value is -0.0800. The largest absolute Gasteiger partial charge is 0.329 e. The Bertz CT molecular complexity index is 256. The van der Waals surface area contributed by atoms with Crippen LogP contribution in [0.25, 0.3) is 0 Å². The van der Waals surface area contributed by atoms with Gasteiger partial charge in [0.25, 0.3) is 0 Å². The van der Waals surface area contributed by atoms with Crippen LogP contribution in [0.15, 0.2) is 0 Å². The van der Waals surface area contributed by atoms with Gasteiger partial charge in [-0.05, 0) is 30.1 Å². The first-order valence-electron chi connectivity index (χ1n) is 7.46. The summed E-state index contributed by atoms with van der Waals surface area (Å²) in [6.07, 6.45) is 4.07. The molecule has 1 aliphatic carbocycles. The van der Waals surface area contributed by atoms with Crippen LogP contribution >= 0.6 is 0 Å². The topological polar surface area (TPSA) is 29.3 Å². The van der Waals surface area contributed by atoms with E-state index in [1.165, 1.54) is 32.4 Å². The zero-order chi connectivity index (χ0) is 12.6. The Kier molecular flexibility index (Phi) is 3.84. The molecule has 1 aliphatic heterocycles.